The van der Waals surface area contributed by atoms with Crippen LogP contribution in [0, 0.1) is 12.8 Å². The number of sulfonamides is 1. The summed E-state index contributed by atoms with van der Waals surface area (Å²) in [5.41, 5.74) is 0.613. The molecule has 0 radical (unpaired) electrons. The minimum absolute atomic E-state index is 0.148. The van der Waals surface area contributed by atoms with E-state index >= 15 is 0 Å². The van der Waals surface area contributed by atoms with Crippen LogP contribution in [-0.4, -0.2) is 65.7 Å². The van der Waals surface area contributed by atoms with E-state index in [4.69, 9.17) is 18.9 Å². The molecule has 47 heavy (non-hydrogen) atoms. The van der Waals surface area contributed by atoms with Crippen LogP contribution in [0.15, 0.2) is 64.1 Å². The van der Waals surface area contributed by atoms with Crippen molar-refractivity contribution in [3.05, 3.63) is 65.9 Å². The first kappa shape index (κ1) is 33.5. The molecule has 1 N–H and O–H groups in total. The molecule has 1 aliphatic rings. The van der Waals surface area contributed by atoms with Gasteiger partial charge in [-0.05, 0) is 50.1 Å². The zero-order valence-electron chi connectivity index (χ0n) is 25.8. The lowest BCUT2D eigenvalue weighted by molar-refractivity contribution is -0.184. The molecular formula is C29H33F3N6O8S. The normalized spacial score (nSPS) is 16.3. The number of rotatable bonds is 10. The molecule has 1 saturated heterocycles. The summed E-state index contributed by atoms with van der Waals surface area (Å²) >= 11 is 0. The van der Waals surface area contributed by atoms with Crippen molar-refractivity contribution in [2.75, 3.05) is 18.1 Å². The second-order valence-electron chi connectivity index (χ2n) is 11.2. The monoisotopic (exact) mass is 682 g/mol. The van der Waals surface area contributed by atoms with Crippen molar-refractivity contribution >= 4 is 22.1 Å². The lowest BCUT2D eigenvalue weighted by atomic mass is 10.1. The van der Waals surface area contributed by atoms with Gasteiger partial charge in [0.15, 0.2) is 5.69 Å². The Morgan fingerprint density at radius 2 is 1.74 bits per heavy atom. The molecular weight excluding hydrogens is 649 g/mol. The number of esters is 1. The average molecular weight is 683 g/mol. The van der Waals surface area contributed by atoms with Crippen molar-refractivity contribution in [1.82, 2.24) is 24.5 Å². The second kappa shape index (κ2) is 13.1. The van der Waals surface area contributed by atoms with E-state index in [2.05, 4.69) is 5.10 Å². The Labute approximate surface area is 267 Å². The maximum Gasteiger partial charge on any atom is 0.435 e. The van der Waals surface area contributed by atoms with Crippen molar-refractivity contribution in [2.24, 2.45) is 5.92 Å². The molecule has 0 aliphatic carbocycles. The Kier molecular flexibility index (Phi) is 9.33. The van der Waals surface area contributed by atoms with Crippen LogP contribution in [0.3, 0.4) is 0 Å². The van der Waals surface area contributed by atoms with E-state index < -0.39 is 46.4 Å². The van der Waals surface area contributed by atoms with Gasteiger partial charge in [0.25, 0.3) is 16.3 Å². The predicted octanol–water partition coefficient (Wildman–Crippen LogP) is 4.25. The number of hydrogen-bond donors (Lipinski definition) is 1. The van der Waals surface area contributed by atoms with Crippen LogP contribution in [0.5, 0.6) is 0 Å². The Bertz CT molecular complexity index is 1810. The molecule has 2 atom stereocenters. The van der Waals surface area contributed by atoms with Crippen molar-refractivity contribution in [3.8, 4) is 16.9 Å². The number of carbonyl (C=O) groups is 2. The number of piperidine rings is 1. The van der Waals surface area contributed by atoms with Gasteiger partial charge in [0.1, 0.15) is 11.1 Å². The van der Waals surface area contributed by atoms with Crippen LogP contribution < -0.4 is 14.6 Å². The largest absolute Gasteiger partial charge is 0.444 e. The van der Waals surface area contributed by atoms with E-state index in [1.807, 2.05) is 11.6 Å². The standard InChI is InChI=1S/C29H33F3N6O8S/c1-18(2)27(39)43-20(4)45-38-37(46-38)35-15-5-6-23(17-35)44-28(40)34-47(41,42)24-13-11-22(12-14-24)36-25(16-26(33-36)29(30,31)32)21-9-7-19(3)8-10-21/h7-14,16,18,20,23H,5-6,15,17H2,1-4H3,(H,34,40). The summed E-state index contributed by atoms with van der Waals surface area (Å²) in [6, 6.07) is 12.6. The SMILES string of the molecule is Cc1ccc(-c2cc(C(F)(F)F)nn2-c2ccc(S(=O)(=O)NC(=O)OC3CCCN(n4on4OC(C)OC(=O)C(C)C)C3)cc2)cc1. The van der Waals surface area contributed by atoms with Crippen LogP contribution in [0.4, 0.5) is 18.0 Å². The Morgan fingerprint density at radius 3 is 2.38 bits per heavy atom. The van der Waals surface area contributed by atoms with Gasteiger partial charge < -0.3 is 14.3 Å². The molecule has 0 spiro atoms. The predicted molar refractivity (Wildman–Crippen MR) is 158 cm³/mol. The number of hydrogen-bond acceptors (Lipinski definition) is 10. The summed E-state index contributed by atoms with van der Waals surface area (Å²) in [5.74, 6) is -0.782. The van der Waals surface area contributed by atoms with E-state index in [9.17, 15) is 31.2 Å². The minimum atomic E-state index is -4.70. The van der Waals surface area contributed by atoms with Gasteiger partial charge in [0.2, 0.25) is 0 Å². The van der Waals surface area contributed by atoms with Crippen LogP contribution in [-0.2, 0) is 30.5 Å². The highest BCUT2D eigenvalue weighted by molar-refractivity contribution is 7.90. The third kappa shape index (κ3) is 8.11. The second-order valence-corrected chi connectivity index (χ2v) is 12.9. The Morgan fingerprint density at radius 1 is 1.06 bits per heavy atom. The van der Waals surface area contributed by atoms with Crippen molar-refractivity contribution in [2.45, 2.75) is 64.0 Å². The van der Waals surface area contributed by atoms with Crippen molar-refractivity contribution < 1.29 is 50.1 Å². The fourth-order valence-corrected chi connectivity index (χ4v) is 5.52. The van der Waals surface area contributed by atoms with Gasteiger partial charge >= 0.3 is 18.2 Å². The van der Waals surface area contributed by atoms with E-state index in [-0.39, 0.29) is 28.7 Å². The maximum atomic E-state index is 13.5. The van der Waals surface area contributed by atoms with Crippen LogP contribution in [0.25, 0.3) is 16.9 Å². The van der Waals surface area contributed by atoms with E-state index in [1.165, 1.54) is 24.0 Å². The number of aromatic nitrogens is 4. The lowest BCUT2D eigenvalue weighted by Gasteiger charge is -2.29. The molecule has 1 amide bonds. The number of benzene rings is 2. The minimum Gasteiger partial charge on any atom is -0.444 e. The first-order chi connectivity index (χ1) is 22.1. The van der Waals surface area contributed by atoms with E-state index in [0.29, 0.717) is 24.9 Å². The number of amides is 1. The molecule has 254 valence electrons. The molecule has 18 heteroatoms. The molecule has 2 aromatic carbocycles. The molecule has 4 aromatic rings. The maximum absolute atomic E-state index is 13.5. The fraction of sp³-hybridized carbons (Fsp3) is 0.414. The van der Waals surface area contributed by atoms with Gasteiger partial charge in [-0.1, -0.05) is 43.7 Å². The van der Waals surface area contributed by atoms with Gasteiger partial charge in [-0.3, -0.25) is 9.80 Å². The van der Waals surface area contributed by atoms with Gasteiger partial charge in [0, 0.05) is 24.0 Å². The Balaban J connectivity index is 1.21. The van der Waals surface area contributed by atoms with Crippen molar-refractivity contribution in [3.63, 3.8) is 0 Å². The van der Waals surface area contributed by atoms with Gasteiger partial charge in [-0.25, -0.2) is 22.6 Å². The van der Waals surface area contributed by atoms with Gasteiger partial charge in [0.05, 0.1) is 28.7 Å². The molecule has 3 heterocycles. The summed E-state index contributed by atoms with van der Waals surface area (Å²) < 4.78 is 85.1. The molecule has 0 saturated carbocycles. The van der Waals surface area contributed by atoms with E-state index in [0.717, 1.165) is 33.5 Å². The molecule has 1 fully saturated rings. The summed E-state index contributed by atoms with van der Waals surface area (Å²) in [4.78, 5) is 30.6. The number of nitrogens with one attached hydrogen (secondary N) is 1. The first-order valence-corrected chi connectivity index (χ1v) is 16.1. The average Bonchev–Trinajstić information content (AvgIpc) is 3.60. The number of carbonyl (C=O) groups excluding carboxylic acids is 2. The smallest absolute Gasteiger partial charge is 0.435 e. The lowest BCUT2D eigenvalue weighted by Crippen LogP contribution is -2.47. The first-order valence-electron chi connectivity index (χ1n) is 14.6. The van der Waals surface area contributed by atoms with Crippen LogP contribution in [0.1, 0.15) is 44.9 Å². The molecule has 0 bridgehead atoms. The zero-order chi connectivity index (χ0) is 34.1. The topological polar surface area (TPSA) is 152 Å². The number of ether oxygens (including phenoxy) is 2. The van der Waals surface area contributed by atoms with Crippen LogP contribution >= 0.6 is 0 Å². The third-order valence-electron chi connectivity index (χ3n) is 7.08. The quantitative estimate of drug-likeness (QED) is 0.190. The molecule has 2 aromatic heterocycles. The molecule has 2 unspecified atom stereocenters. The molecule has 14 nitrogen and oxygen atoms in total. The summed E-state index contributed by atoms with van der Waals surface area (Å²) in [5, 5.41) is 6.36. The van der Waals surface area contributed by atoms with Gasteiger partial charge in [-0.15, -0.1) is 0 Å². The number of halogens is 3. The zero-order valence-corrected chi connectivity index (χ0v) is 26.6. The number of aryl methyl sites for hydroxylation is 1. The fourth-order valence-electron chi connectivity index (χ4n) is 4.64. The summed E-state index contributed by atoms with van der Waals surface area (Å²) in [7, 11) is -4.40. The number of alkyl halides is 3. The Hall–Kier alpha value is -4.87. The summed E-state index contributed by atoms with van der Waals surface area (Å²) in [6.07, 6.45) is -6.52. The highest BCUT2D eigenvalue weighted by Gasteiger charge is 2.36. The molecule has 5 rings (SSSR count). The third-order valence-corrected chi connectivity index (χ3v) is 8.41. The van der Waals surface area contributed by atoms with Gasteiger partial charge in [-0.2, -0.15) is 22.9 Å². The highest BCUT2D eigenvalue weighted by Crippen LogP contribution is 2.33. The van der Waals surface area contributed by atoms with Crippen molar-refractivity contribution in [1.29, 1.82) is 0 Å². The molecule has 1 aliphatic heterocycles. The van der Waals surface area contributed by atoms with E-state index in [1.54, 1.807) is 43.1 Å². The summed E-state index contributed by atoms with van der Waals surface area (Å²) in [6.45, 7) is 7.39. The highest BCUT2D eigenvalue weighted by atomic mass is 32.2. The van der Waals surface area contributed by atoms with Crippen LogP contribution in [0.2, 0.25) is 0 Å². The number of nitrogens with zero attached hydrogens (tertiary/aromatic N) is 5.